The molecule has 1 saturated heterocycles. The van der Waals surface area contributed by atoms with Crippen LogP contribution in [0.2, 0.25) is 0 Å². The lowest BCUT2D eigenvalue weighted by Crippen LogP contribution is -2.38. The molecule has 0 radical (unpaired) electrons. The monoisotopic (exact) mass is 338 g/mol. The average molecular weight is 338 g/mol. The zero-order chi connectivity index (χ0) is 17.0. The molecule has 2 rings (SSSR count). The Hall–Kier alpha value is -1.40. The molecule has 2 unspecified atom stereocenters. The average Bonchev–Trinajstić information content (AvgIpc) is 2.82. The Labute approximate surface area is 142 Å². The Kier molecular flexibility index (Phi) is 6.18. The number of amides is 1. The van der Waals surface area contributed by atoms with Crippen molar-refractivity contribution >= 4 is 17.7 Å². The first-order chi connectivity index (χ1) is 11.0. The number of benzene rings is 1. The minimum atomic E-state index is -0.0463. The lowest BCUT2D eigenvalue weighted by atomic mass is 10.1. The Morgan fingerprint density at radius 1 is 1.30 bits per heavy atom. The van der Waals surface area contributed by atoms with Crippen LogP contribution < -0.4 is 14.8 Å². The molecule has 1 aliphatic heterocycles. The normalized spacial score (nSPS) is 21.1. The van der Waals surface area contributed by atoms with Gasteiger partial charge in [-0.1, -0.05) is 13.8 Å². The number of thioether (sulfide) groups is 1. The molecule has 1 aliphatic rings. The third kappa shape index (κ3) is 4.12. The van der Waals surface area contributed by atoms with Crippen molar-refractivity contribution in [2.24, 2.45) is 0 Å². The number of methoxy groups -OCH3 is 2. The maximum Gasteiger partial charge on any atom is 0.236 e. The summed E-state index contributed by atoms with van der Waals surface area (Å²) in [6.45, 7) is 7.62. The number of nitrogens with zero attached hydrogens (tertiary/aromatic N) is 1. The van der Waals surface area contributed by atoms with Gasteiger partial charge in [-0.15, -0.1) is 11.8 Å². The van der Waals surface area contributed by atoms with Crippen LogP contribution in [0.25, 0.3) is 0 Å². The van der Waals surface area contributed by atoms with Gasteiger partial charge in [-0.05, 0) is 25.1 Å². The molecule has 0 aromatic heterocycles. The lowest BCUT2D eigenvalue weighted by molar-refractivity contribution is -0.129. The first-order valence-corrected chi connectivity index (χ1v) is 8.83. The highest BCUT2D eigenvalue weighted by molar-refractivity contribution is 8.01. The summed E-state index contributed by atoms with van der Waals surface area (Å²) in [6.07, 6.45) is 0. The molecule has 0 bridgehead atoms. The molecular weight excluding hydrogens is 312 g/mol. The highest BCUT2D eigenvalue weighted by Crippen LogP contribution is 2.46. The number of ether oxygens (including phenoxy) is 2. The molecule has 5 nitrogen and oxygen atoms in total. The Balaban J connectivity index is 2.26. The van der Waals surface area contributed by atoms with Crippen LogP contribution in [0.3, 0.4) is 0 Å². The predicted octanol–water partition coefficient (Wildman–Crippen LogP) is 2.66. The van der Waals surface area contributed by atoms with E-state index in [0.29, 0.717) is 12.6 Å². The van der Waals surface area contributed by atoms with Crippen LogP contribution in [0.1, 0.15) is 31.7 Å². The van der Waals surface area contributed by atoms with E-state index in [1.54, 1.807) is 26.0 Å². The highest BCUT2D eigenvalue weighted by Gasteiger charge is 2.39. The summed E-state index contributed by atoms with van der Waals surface area (Å²) in [5, 5.41) is 3.28. The van der Waals surface area contributed by atoms with E-state index in [1.165, 1.54) is 0 Å². The van der Waals surface area contributed by atoms with Crippen molar-refractivity contribution in [3.63, 3.8) is 0 Å². The minimum absolute atomic E-state index is 0.0449. The Morgan fingerprint density at radius 2 is 2.04 bits per heavy atom. The standard InChI is InChI=1S/C17H26N2O3S/c1-11(2)18-8-9-19-16(20)12(3)23-17(19)14-10-13(21-4)6-7-15(14)22-5/h6-7,10-12,17-18H,8-9H2,1-5H3. The summed E-state index contributed by atoms with van der Waals surface area (Å²) in [6, 6.07) is 6.14. The van der Waals surface area contributed by atoms with E-state index < -0.39 is 0 Å². The van der Waals surface area contributed by atoms with E-state index in [9.17, 15) is 4.79 Å². The number of carbonyl (C=O) groups is 1. The quantitative estimate of drug-likeness (QED) is 0.828. The van der Waals surface area contributed by atoms with Crippen LogP contribution in [-0.4, -0.2) is 49.4 Å². The molecule has 1 amide bonds. The molecule has 6 heteroatoms. The zero-order valence-corrected chi connectivity index (χ0v) is 15.3. The van der Waals surface area contributed by atoms with E-state index >= 15 is 0 Å². The molecule has 23 heavy (non-hydrogen) atoms. The first-order valence-electron chi connectivity index (χ1n) is 7.89. The number of rotatable bonds is 7. The fourth-order valence-corrected chi connectivity index (χ4v) is 3.97. The van der Waals surface area contributed by atoms with Gasteiger partial charge in [0.1, 0.15) is 16.9 Å². The summed E-state index contributed by atoms with van der Waals surface area (Å²) in [4.78, 5) is 14.5. The van der Waals surface area contributed by atoms with Crippen LogP contribution in [-0.2, 0) is 4.79 Å². The van der Waals surface area contributed by atoms with Crippen molar-refractivity contribution in [2.75, 3.05) is 27.3 Å². The van der Waals surface area contributed by atoms with Gasteiger partial charge >= 0.3 is 0 Å². The highest BCUT2D eigenvalue weighted by atomic mass is 32.2. The van der Waals surface area contributed by atoms with Crippen molar-refractivity contribution in [2.45, 2.75) is 37.4 Å². The molecule has 128 valence electrons. The van der Waals surface area contributed by atoms with Crippen LogP contribution in [0, 0.1) is 0 Å². The van der Waals surface area contributed by atoms with Gasteiger partial charge in [0.2, 0.25) is 5.91 Å². The van der Waals surface area contributed by atoms with Crippen LogP contribution in [0.5, 0.6) is 11.5 Å². The van der Waals surface area contributed by atoms with Gasteiger partial charge in [-0.3, -0.25) is 4.79 Å². The van der Waals surface area contributed by atoms with Crippen molar-refractivity contribution in [3.05, 3.63) is 23.8 Å². The number of carbonyl (C=O) groups excluding carboxylic acids is 1. The second kappa shape index (κ2) is 7.93. The SMILES string of the molecule is COc1ccc(OC)c(C2SC(C)C(=O)N2CCNC(C)C)c1. The number of hydrogen-bond acceptors (Lipinski definition) is 5. The molecule has 0 aliphatic carbocycles. The first kappa shape index (κ1) is 17.9. The van der Waals surface area contributed by atoms with Crippen LogP contribution in [0.4, 0.5) is 0 Å². The number of hydrogen-bond donors (Lipinski definition) is 1. The van der Waals surface area contributed by atoms with Gasteiger partial charge in [0.25, 0.3) is 0 Å². The van der Waals surface area contributed by atoms with Gasteiger partial charge in [-0.2, -0.15) is 0 Å². The minimum Gasteiger partial charge on any atom is -0.497 e. The van der Waals surface area contributed by atoms with Gasteiger partial charge in [0.15, 0.2) is 0 Å². The maximum atomic E-state index is 12.5. The smallest absolute Gasteiger partial charge is 0.236 e. The van der Waals surface area contributed by atoms with E-state index in [4.69, 9.17) is 9.47 Å². The largest absolute Gasteiger partial charge is 0.497 e. The molecule has 1 fully saturated rings. The third-order valence-electron chi connectivity index (χ3n) is 3.86. The molecular formula is C17H26N2O3S. The van der Waals surface area contributed by atoms with E-state index in [-0.39, 0.29) is 16.5 Å². The van der Waals surface area contributed by atoms with E-state index in [0.717, 1.165) is 23.6 Å². The molecule has 1 aromatic carbocycles. The van der Waals surface area contributed by atoms with Crippen molar-refractivity contribution in [3.8, 4) is 11.5 Å². The zero-order valence-electron chi connectivity index (χ0n) is 14.5. The lowest BCUT2D eigenvalue weighted by Gasteiger charge is -2.26. The number of nitrogens with one attached hydrogen (secondary N) is 1. The van der Waals surface area contributed by atoms with Crippen molar-refractivity contribution in [1.82, 2.24) is 10.2 Å². The third-order valence-corrected chi connectivity index (χ3v) is 5.23. The Morgan fingerprint density at radius 3 is 2.65 bits per heavy atom. The van der Waals surface area contributed by atoms with Gasteiger partial charge in [0.05, 0.1) is 19.5 Å². The van der Waals surface area contributed by atoms with Crippen LogP contribution in [0.15, 0.2) is 18.2 Å². The Bertz CT molecular complexity index is 551. The van der Waals surface area contributed by atoms with Gasteiger partial charge in [0, 0.05) is 24.7 Å². The van der Waals surface area contributed by atoms with Gasteiger partial charge in [-0.25, -0.2) is 0 Å². The summed E-state index contributed by atoms with van der Waals surface area (Å²) >= 11 is 1.66. The molecule has 0 saturated carbocycles. The van der Waals surface area contributed by atoms with Crippen molar-refractivity contribution < 1.29 is 14.3 Å². The summed E-state index contributed by atoms with van der Waals surface area (Å²) in [5.41, 5.74) is 0.985. The summed E-state index contributed by atoms with van der Waals surface area (Å²) in [7, 11) is 3.30. The maximum absolute atomic E-state index is 12.5. The fourth-order valence-electron chi connectivity index (χ4n) is 2.65. The van der Waals surface area contributed by atoms with E-state index in [2.05, 4.69) is 19.2 Å². The molecule has 0 spiro atoms. The summed E-state index contributed by atoms with van der Waals surface area (Å²) in [5.74, 6) is 1.73. The second-order valence-corrected chi connectivity index (χ2v) is 7.30. The molecule has 1 aromatic rings. The van der Waals surface area contributed by atoms with E-state index in [1.807, 2.05) is 30.0 Å². The fraction of sp³-hybridized carbons (Fsp3) is 0.588. The predicted molar refractivity (Wildman–Crippen MR) is 94.2 cm³/mol. The second-order valence-electron chi connectivity index (χ2n) is 5.88. The summed E-state index contributed by atoms with van der Waals surface area (Å²) < 4.78 is 10.8. The topological polar surface area (TPSA) is 50.8 Å². The molecule has 1 heterocycles. The van der Waals surface area contributed by atoms with Gasteiger partial charge < -0.3 is 19.7 Å². The molecule has 2 atom stereocenters. The molecule has 1 N–H and O–H groups in total. The van der Waals surface area contributed by atoms with Crippen molar-refractivity contribution in [1.29, 1.82) is 0 Å². The van der Waals surface area contributed by atoms with Crippen LogP contribution >= 0.6 is 11.8 Å².